The summed E-state index contributed by atoms with van der Waals surface area (Å²) in [6, 6.07) is 24.1. The third-order valence-corrected chi connectivity index (χ3v) is 6.27. The Labute approximate surface area is 167 Å². The first kappa shape index (κ1) is 17.3. The molecule has 0 saturated carbocycles. The highest BCUT2D eigenvalue weighted by molar-refractivity contribution is 6.17. The van der Waals surface area contributed by atoms with Crippen molar-refractivity contribution in [1.82, 2.24) is 0 Å². The van der Waals surface area contributed by atoms with E-state index in [-0.39, 0.29) is 11.6 Å². The van der Waals surface area contributed by atoms with Crippen molar-refractivity contribution in [3.8, 4) is 22.3 Å². The zero-order chi connectivity index (χ0) is 19.5. The minimum atomic E-state index is -0.384. The van der Waals surface area contributed by atoms with Gasteiger partial charge in [0.1, 0.15) is 0 Å². The second kappa shape index (κ2) is 6.12. The van der Waals surface area contributed by atoms with E-state index in [4.69, 9.17) is 4.74 Å². The normalized spacial score (nSPS) is 22.8. The summed E-state index contributed by atoms with van der Waals surface area (Å²) in [7, 11) is 4.33. The third-order valence-electron chi connectivity index (χ3n) is 6.27. The molecular weight excluding hydrogens is 341 g/mol. The Morgan fingerprint density at radius 1 is 0.857 bits per heavy atom. The standard InChI is InChI=1S/C25H24BNO/c1-16-15-25(26,28-17(16)2)18-12-13-24-22(14-18)20-9-5-4-8-19(20)21-10-6-7-11-23(21)27(24)3/h4-15,17H,26H2,1-3H3. The minimum absolute atomic E-state index is 0.156. The van der Waals surface area contributed by atoms with Crippen LogP contribution in [0.25, 0.3) is 22.3 Å². The first-order chi connectivity index (χ1) is 13.5. The van der Waals surface area contributed by atoms with Gasteiger partial charge >= 0.3 is 0 Å². The molecule has 0 spiro atoms. The van der Waals surface area contributed by atoms with E-state index in [1.807, 2.05) is 0 Å². The molecule has 2 aliphatic rings. The van der Waals surface area contributed by atoms with Gasteiger partial charge in [0, 0.05) is 29.5 Å². The molecule has 0 radical (unpaired) electrons. The molecule has 3 heteroatoms. The minimum Gasteiger partial charge on any atom is -0.368 e. The van der Waals surface area contributed by atoms with E-state index in [0.717, 1.165) is 0 Å². The Bertz CT molecular complexity index is 1120. The van der Waals surface area contributed by atoms with Gasteiger partial charge in [0.15, 0.2) is 7.85 Å². The van der Waals surface area contributed by atoms with Gasteiger partial charge in [-0.15, -0.1) is 0 Å². The van der Waals surface area contributed by atoms with Crippen LogP contribution in [0.3, 0.4) is 0 Å². The van der Waals surface area contributed by atoms with Crippen LogP contribution in [0.2, 0.25) is 0 Å². The van der Waals surface area contributed by atoms with Crippen LogP contribution in [-0.2, 0) is 10.2 Å². The molecule has 138 valence electrons. The molecule has 0 saturated heterocycles. The van der Waals surface area contributed by atoms with E-state index in [1.165, 1.54) is 44.8 Å². The monoisotopic (exact) mass is 365 g/mol. The van der Waals surface area contributed by atoms with E-state index < -0.39 is 0 Å². The van der Waals surface area contributed by atoms with Crippen molar-refractivity contribution < 1.29 is 4.74 Å². The number of fused-ring (bicyclic) bond motifs is 5. The van der Waals surface area contributed by atoms with Crippen LogP contribution in [0.1, 0.15) is 19.4 Å². The summed E-state index contributed by atoms with van der Waals surface area (Å²) in [5.41, 5.74) is 9.63. The van der Waals surface area contributed by atoms with Gasteiger partial charge < -0.3 is 9.64 Å². The Morgan fingerprint density at radius 3 is 2.14 bits per heavy atom. The SMILES string of the molecule is BC1(c2ccc3c(c2)-c2ccccc2-c2ccccc2N3C)C=C(C)C(C)O1. The maximum absolute atomic E-state index is 6.34. The summed E-state index contributed by atoms with van der Waals surface area (Å²) in [5.74, 6) is 0. The van der Waals surface area contributed by atoms with Crippen LogP contribution in [0, 0.1) is 0 Å². The summed E-state index contributed by atoms with van der Waals surface area (Å²) in [6.07, 6.45) is 2.42. The predicted molar refractivity (Wildman–Crippen MR) is 120 cm³/mol. The highest BCUT2D eigenvalue weighted by Gasteiger charge is 2.34. The summed E-state index contributed by atoms with van der Waals surface area (Å²) >= 11 is 0. The van der Waals surface area contributed by atoms with Gasteiger partial charge in [-0.3, -0.25) is 0 Å². The smallest absolute Gasteiger partial charge is 0.154 e. The first-order valence-electron chi connectivity index (χ1n) is 9.92. The maximum Gasteiger partial charge on any atom is 0.154 e. The largest absolute Gasteiger partial charge is 0.368 e. The molecular formula is C25H24BNO. The van der Waals surface area contributed by atoms with Crippen molar-refractivity contribution in [3.05, 3.63) is 83.9 Å². The van der Waals surface area contributed by atoms with Crippen LogP contribution in [-0.4, -0.2) is 21.0 Å². The number of benzene rings is 3. The molecule has 3 aromatic carbocycles. The lowest BCUT2D eigenvalue weighted by atomic mass is 9.74. The highest BCUT2D eigenvalue weighted by atomic mass is 16.5. The lowest BCUT2D eigenvalue weighted by Gasteiger charge is -2.27. The molecule has 28 heavy (non-hydrogen) atoms. The average molecular weight is 365 g/mol. The van der Waals surface area contributed by atoms with Gasteiger partial charge in [-0.05, 0) is 54.3 Å². The lowest BCUT2D eigenvalue weighted by molar-refractivity contribution is 0.0362. The van der Waals surface area contributed by atoms with Crippen molar-refractivity contribution in [2.24, 2.45) is 0 Å². The fourth-order valence-corrected chi connectivity index (χ4v) is 4.63. The van der Waals surface area contributed by atoms with Gasteiger partial charge in [0.2, 0.25) is 0 Å². The quantitative estimate of drug-likeness (QED) is 0.431. The van der Waals surface area contributed by atoms with Gasteiger partial charge in [0.25, 0.3) is 0 Å². The number of hydrogen-bond acceptors (Lipinski definition) is 2. The number of hydrogen-bond donors (Lipinski definition) is 0. The molecule has 0 bridgehead atoms. The topological polar surface area (TPSA) is 12.5 Å². The van der Waals surface area contributed by atoms with Crippen LogP contribution in [0.5, 0.6) is 0 Å². The summed E-state index contributed by atoms with van der Waals surface area (Å²) < 4.78 is 6.34. The van der Waals surface area contributed by atoms with E-state index in [2.05, 4.69) is 106 Å². The van der Waals surface area contributed by atoms with Crippen LogP contribution in [0.4, 0.5) is 11.4 Å². The zero-order valence-electron chi connectivity index (χ0n) is 16.9. The summed E-state index contributed by atoms with van der Waals surface area (Å²) in [4.78, 5) is 2.30. The zero-order valence-corrected chi connectivity index (χ0v) is 16.9. The lowest BCUT2D eigenvalue weighted by Crippen LogP contribution is -2.26. The Kier molecular flexibility index (Phi) is 3.79. The first-order valence-corrected chi connectivity index (χ1v) is 9.92. The number of para-hydroxylation sites is 1. The Morgan fingerprint density at radius 2 is 1.46 bits per heavy atom. The summed E-state index contributed by atoms with van der Waals surface area (Å²) in [6.45, 7) is 4.28. The fourth-order valence-electron chi connectivity index (χ4n) is 4.63. The van der Waals surface area contributed by atoms with Gasteiger partial charge in [-0.2, -0.15) is 0 Å². The highest BCUT2D eigenvalue weighted by Crippen LogP contribution is 2.48. The van der Waals surface area contributed by atoms with Crippen molar-refractivity contribution in [2.75, 3.05) is 11.9 Å². The molecule has 0 aromatic heterocycles. The molecule has 2 atom stereocenters. The van der Waals surface area contributed by atoms with E-state index in [0.29, 0.717) is 0 Å². The Hall–Kier alpha value is -2.78. The molecule has 0 N–H and O–H groups in total. The fraction of sp³-hybridized carbons (Fsp3) is 0.200. The molecule has 2 heterocycles. The van der Waals surface area contributed by atoms with Gasteiger partial charge in [-0.1, -0.05) is 54.6 Å². The molecule has 0 fully saturated rings. The number of rotatable bonds is 1. The van der Waals surface area contributed by atoms with Crippen LogP contribution < -0.4 is 4.90 Å². The van der Waals surface area contributed by atoms with Crippen LogP contribution >= 0.6 is 0 Å². The van der Waals surface area contributed by atoms with E-state index in [9.17, 15) is 0 Å². The number of ether oxygens (including phenoxy) is 1. The van der Waals surface area contributed by atoms with E-state index in [1.54, 1.807) is 0 Å². The van der Waals surface area contributed by atoms with Crippen LogP contribution in [0.15, 0.2) is 78.4 Å². The molecule has 5 rings (SSSR count). The third kappa shape index (κ3) is 2.46. The maximum atomic E-state index is 6.34. The van der Waals surface area contributed by atoms with E-state index >= 15 is 0 Å². The molecule has 3 aromatic rings. The van der Waals surface area contributed by atoms with Crippen molar-refractivity contribution in [1.29, 1.82) is 0 Å². The average Bonchev–Trinajstić information content (AvgIpc) is 2.93. The molecule has 2 nitrogen and oxygen atoms in total. The summed E-state index contributed by atoms with van der Waals surface area (Å²) in [5, 5.41) is 0. The Balaban J connectivity index is 1.76. The second-order valence-corrected chi connectivity index (χ2v) is 8.11. The molecule has 2 aliphatic heterocycles. The van der Waals surface area contributed by atoms with Crippen molar-refractivity contribution >= 4 is 19.2 Å². The van der Waals surface area contributed by atoms with Crippen molar-refractivity contribution in [2.45, 2.75) is 25.5 Å². The molecule has 0 aliphatic carbocycles. The van der Waals surface area contributed by atoms with Gasteiger partial charge in [-0.25, -0.2) is 0 Å². The van der Waals surface area contributed by atoms with Gasteiger partial charge in [0.05, 0.1) is 11.6 Å². The second-order valence-electron chi connectivity index (χ2n) is 8.11. The van der Waals surface area contributed by atoms with Crippen molar-refractivity contribution in [3.63, 3.8) is 0 Å². The number of anilines is 2. The molecule has 0 amide bonds. The molecule has 2 unspecified atom stereocenters. The number of nitrogens with zero attached hydrogens (tertiary/aromatic N) is 1. The predicted octanol–water partition coefficient (Wildman–Crippen LogP) is 5.25.